The number of morpholine rings is 1. The molecule has 0 aromatic carbocycles. The van der Waals surface area contributed by atoms with E-state index in [4.69, 9.17) is 4.74 Å². The van der Waals surface area contributed by atoms with E-state index in [1.807, 2.05) is 18.6 Å². The van der Waals surface area contributed by atoms with Gasteiger partial charge in [0, 0.05) is 38.2 Å². The lowest BCUT2D eigenvalue weighted by atomic mass is 10.2. The van der Waals surface area contributed by atoms with Gasteiger partial charge in [-0.15, -0.1) is 0 Å². The van der Waals surface area contributed by atoms with Crippen LogP contribution in [0.1, 0.15) is 6.42 Å². The molecule has 2 rings (SSSR count). The Kier molecular flexibility index (Phi) is 3.54. The minimum absolute atomic E-state index is 0.385. The summed E-state index contributed by atoms with van der Waals surface area (Å²) in [5.74, 6) is 0. The van der Waals surface area contributed by atoms with E-state index in [9.17, 15) is 0 Å². The quantitative estimate of drug-likeness (QED) is 0.700. The van der Waals surface area contributed by atoms with Crippen LogP contribution in [0, 0.1) is 0 Å². The fourth-order valence-electron chi connectivity index (χ4n) is 1.69. The third-order valence-corrected chi connectivity index (χ3v) is 2.53. The van der Waals surface area contributed by atoms with Crippen LogP contribution in [0.2, 0.25) is 0 Å². The highest BCUT2D eigenvalue weighted by atomic mass is 16.5. The third kappa shape index (κ3) is 2.82. The molecule has 1 unspecified atom stereocenters. The highest BCUT2D eigenvalue weighted by molar-refractivity contribution is 5.61. The summed E-state index contributed by atoms with van der Waals surface area (Å²) in [4.78, 5) is 6.29. The van der Waals surface area contributed by atoms with Crippen molar-refractivity contribution in [1.82, 2.24) is 10.2 Å². The first-order valence-electron chi connectivity index (χ1n) is 5.20. The second-order valence-corrected chi connectivity index (χ2v) is 3.61. The van der Waals surface area contributed by atoms with Gasteiger partial charge in [-0.2, -0.15) is 0 Å². The minimum atomic E-state index is 0.385. The lowest BCUT2D eigenvalue weighted by Crippen LogP contribution is -2.40. The van der Waals surface area contributed by atoms with Gasteiger partial charge in [0.05, 0.1) is 19.3 Å². The van der Waals surface area contributed by atoms with Gasteiger partial charge in [0.15, 0.2) is 0 Å². The fourth-order valence-corrected chi connectivity index (χ4v) is 1.69. The Bertz CT molecular complexity index is 221. The van der Waals surface area contributed by atoms with Gasteiger partial charge in [-0.1, -0.05) is 0 Å². The second kappa shape index (κ2) is 5.12. The summed E-state index contributed by atoms with van der Waals surface area (Å²) < 4.78 is 5.62. The van der Waals surface area contributed by atoms with Crippen LogP contribution in [0.4, 0.5) is 0 Å². The molecule has 0 bridgehead atoms. The lowest BCUT2D eigenvalue weighted by Gasteiger charge is -2.26. The Morgan fingerprint density at radius 2 is 2.57 bits per heavy atom. The predicted octanol–water partition coefficient (Wildman–Crippen LogP) is 0.222. The average Bonchev–Trinajstić information content (AvgIpc) is 2.29. The smallest absolute Gasteiger partial charge is 0.0716 e. The lowest BCUT2D eigenvalue weighted by molar-refractivity contribution is 0.0202. The maximum Gasteiger partial charge on any atom is 0.0716 e. The number of rotatable bonds is 3. The molecular formula is C10H17N3O. The molecule has 1 fully saturated rings. The average molecular weight is 195 g/mol. The summed E-state index contributed by atoms with van der Waals surface area (Å²) in [5, 5.41) is 3.33. The predicted molar refractivity (Wildman–Crippen MR) is 56.4 cm³/mol. The fraction of sp³-hybridized carbons (Fsp3) is 0.700. The van der Waals surface area contributed by atoms with Gasteiger partial charge >= 0.3 is 0 Å². The highest BCUT2D eigenvalue weighted by Gasteiger charge is 2.13. The van der Waals surface area contributed by atoms with Gasteiger partial charge in [-0.25, -0.2) is 0 Å². The summed E-state index contributed by atoms with van der Waals surface area (Å²) in [7, 11) is 0. The van der Waals surface area contributed by atoms with Crippen molar-refractivity contribution >= 4 is 6.21 Å². The molecule has 0 radical (unpaired) electrons. The standard InChI is InChI=1S/C10H17N3O/c1(10-9-12-4-8-14-10)5-13-6-2-11-3-7-13/h2-3,6,10,12H,1,4-5,7-9H2. The molecular weight excluding hydrogens is 178 g/mol. The van der Waals surface area contributed by atoms with E-state index in [-0.39, 0.29) is 0 Å². The molecule has 1 N–H and O–H groups in total. The number of nitrogens with zero attached hydrogens (tertiary/aromatic N) is 2. The Balaban J connectivity index is 1.66. The molecule has 1 saturated heterocycles. The van der Waals surface area contributed by atoms with E-state index in [1.54, 1.807) is 0 Å². The topological polar surface area (TPSA) is 36.9 Å². The molecule has 0 amide bonds. The normalized spacial score (nSPS) is 26.9. The highest BCUT2D eigenvalue weighted by Crippen LogP contribution is 2.04. The maximum absolute atomic E-state index is 5.62. The molecule has 1 atom stereocenters. The molecule has 2 aliphatic rings. The Morgan fingerprint density at radius 3 is 3.29 bits per heavy atom. The molecule has 4 nitrogen and oxygen atoms in total. The van der Waals surface area contributed by atoms with Crippen molar-refractivity contribution in [3.8, 4) is 0 Å². The van der Waals surface area contributed by atoms with E-state index < -0.39 is 0 Å². The van der Waals surface area contributed by atoms with Crippen LogP contribution in [0.25, 0.3) is 0 Å². The van der Waals surface area contributed by atoms with Crippen LogP contribution in [0.3, 0.4) is 0 Å². The summed E-state index contributed by atoms with van der Waals surface area (Å²) in [6.45, 7) is 4.81. The van der Waals surface area contributed by atoms with Crippen molar-refractivity contribution in [3.63, 3.8) is 0 Å². The van der Waals surface area contributed by atoms with Crippen molar-refractivity contribution < 1.29 is 4.74 Å². The zero-order valence-corrected chi connectivity index (χ0v) is 8.35. The van der Waals surface area contributed by atoms with Crippen molar-refractivity contribution in [2.75, 3.05) is 32.8 Å². The molecule has 2 heterocycles. The van der Waals surface area contributed by atoms with E-state index in [1.165, 1.54) is 0 Å². The maximum atomic E-state index is 5.62. The van der Waals surface area contributed by atoms with Crippen LogP contribution in [0.15, 0.2) is 17.4 Å². The molecule has 78 valence electrons. The van der Waals surface area contributed by atoms with E-state index in [2.05, 4.69) is 15.2 Å². The summed E-state index contributed by atoms with van der Waals surface area (Å²) >= 11 is 0. The zero-order valence-electron chi connectivity index (χ0n) is 8.35. The molecule has 14 heavy (non-hydrogen) atoms. The summed E-state index contributed by atoms with van der Waals surface area (Å²) in [6, 6.07) is 0. The molecule has 0 aromatic heterocycles. The summed E-state index contributed by atoms with van der Waals surface area (Å²) in [6.07, 6.45) is 7.28. The van der Waals surface area contributed by atoms with E-state index >= 15 is 0 Å². The SMILES string of the molecule is C1=CN(CCC2CNCCO2)CC=N1. The molecule has 0 saturated carbocycles. The van der Waals surface area contributed by atoms with Gasteiger partial charge in [0.2, 0.25) is 0 Å². The van der Waals surface area contributed by atoms with Crippen LogP contribution in [0.5, 0.6) is 0 Å². The first-order valence-corrected chi connectivity index (χ1v) is 5.20. The number of hydrogen-bond donors (Lipinski definition) is 1. The molecule has 0 aliphatic carbocycles. The van der Waals surface area contributed by atoms with Crippen LogP contribution < -0.4 is 5.32 Å². The Labute approximate surface area is 84.6 Å². The van der Waals surface area contributed by atoms with Crippen LogP contribution in [-0.4, -0.2) is 50.0 Å². The molecule has 0 spiro atoms. The molecule has 4 heteroatoms. The van der Waals surface area contributed by atoms with Gasteiger partial charge in [-0.3, -0.25) is 4.99 Å². The molecule has 0 aromatic rings. The zero-order chi connectivity index (χ0) is 9.64. The van der Waals surface area contributed by atoms with Gasteiger partial charge in [-0.05, 0) is 6.42 Å². The largest absolute Gasteiger partial charge is 0.376 e. The minimum Gasteiger partial charge on any atom is -0.376 e. The van der Waals surface area contributed by atoms with Crippen molar-refractivity contribution in [1.29, 1.82) is 0 Å². The Hall–Kier alpha value is -0.870. The first-order chi connectivity index (χ1) is 6.95. The van der Waals surface area contributed by atoms with Crippen molar-refractivity contribution in [2.24, 2.45) is 4.99 Å². The number of aliphatic imine (C=N–C) groups is 1. The molecule has 2 aliphatic heterocycles. The summed E-state index contributed by atoms with van der Waals surface area (Å²) in [5.41, 5.74) is 0. The first kappa shape index (κ1) is 9.68. The van der Waals surface area contributed by atoms with Gasteiger partial charge in [0.25, 0.3) is 0 Å². The van der Waals surface area contributed by atoms with E-state index in [0.29, 0.717) is 6.10 Å². The third-order valence-electron chi connectivity index (χ3n) is 2.53. The Morgan fingerprint density at radius 1 is 1.57 bits per heavy atom. The van der Waals surface area contributed by atoms with Gasteiger partial charge < -0.3 is 15.0 Å². The number of hydrogen-bond acceptors (Lipinski definition) is 4. The van der Waals surface area contributed by atoms with Crippen molar-refractivity contribution in [3.05, 3.63) is 12.4 Å². The van der Waals surface area contributed by atoms with Crippen LogP contribution in [-0.2, 0) is 4.74 Å². The number of nitrogens with one attached hydrogen (secondary N) is 1. The monoisotopic (exact) mass is 195 g/mol. The van der Waals surface area contributed by atoms with Crippen molar-refractivity contribution in [2.45, 2.75) is 12.5 Å². The van der Waals surface area contributed by atoms with Gasteiger partial charge in [0.1, 0.15) is 0 Å². The van der Waals surface area contributed by atoms with Crippen LogP contribution >= 0.6 is 0 Å². The second-order valence-electron chi connectivity index (χ2n) is 3.61. The number of ether oxygens (including phenoxy) is 1. The van der Waals surface area contributed by atoms with E-state index in [0.717, 1.165) is 39.2 Å².